The fourth-order valence-corrected chi connectivity index (χ4v) is 1.60. The molecule has 1 rings (SSSR count). The summed E-state index contributed by atoms with van der Waals surface area (Å²) in [5.41, 5.74) is 1.02. The van der Waals surface area contributed by atoms with Crippen LogP contribution in [0, 0.1) is 18.7 Å². The largest absolute Gasteiger partial charge is 0.352 e. The molecule has 0 unspecified atom stereocenters. The third-order valence-electron chi connectivity index (χ3n) is 2.66. The highest BCUT2D eigenvalue weighted by atomic mass is 19.1. The van der Waals surface area contributed by atoms with Gasteiger partial charge in [-0.3, -0.25) is 4.79 Å². The number of hydrogen-bond acceptors (Lipinski definition) is 1. The summed E-state index contributed by atoms with van der Waals surface area (Å²) in [6.45, 7) is 6.65. The molecule has 17 heavy (non-hydrogen) atoms. The van der Waals surface area contributed by atoms with Crippen LogP contribution in [0.2, 0.25) is 0 Å². The van der Waals surface area contributed by atoms with Gasteiger partial charge in [0.25, 0.3) is 5.91 Å². The van der Waals surface area contributed by atoms with E-state index in [1.54, 1.807) is 13.0 Å². The normalized spacial score (nSPS) is 10.6. The lowest BCUT2D eigenvalue weighted by atomic mass is 10.1. The van der Waals surface area contributed by atoms with Gasteiger partial charge in [0, 0.05) is 12.1 Å². The van der Waals surface area contributed by atoms with E-state index >= 15 is 0 Å². The molecule has 1 aromatic carbocycles. The Kier molecular flexibility index (Phi) is 5.13. The third kappa shape index (κ3) is 4.55. The highest BCUT2D eigenvalue weighted by molar-refractivity contribution is 5.94. The molecule has 0 atom stereocenters. The summed E-state index contributed by atoms with van der Waals surface area (Å²) in [5, 5.41) is 2.84. The first-order chi connectivity index (χ1) is 8.00. The van der Waals surface area contributed by atoms with E-state index in [-0.39, 0.29) is 11.7 Å². The minimum atomic E-state index is -0.277. The van der Waals surface area contributed by atoms with E-state index in [2.05, 4.69) is 19.2 Å². The van der Waals surface area contributed by atoms with E-state index < -0.39 is 0 Å². The monoisotopic (exact) mass is 237 g/mol. The Bertz CT molecular complexity index is 388. The van der Waals surface area contributed by atoms with Crippen LogP contribution in [0.1, 0.15) is 42.6 Å². The number of aryl methyl sites for hydroxylation is 1. The smallest absolute Gasteiger partial charge is 0.251 e. The van der Waals surface area contributed by atoms with Gasteiger partial charge in [-0.15, -0.1) is 0 Å². The molecule has 0 spiro atoms. The summed E-state index contributed by atoms with van der Waals surface area (Å²) in [5.74, 6) is 0.248. The second kappa shape index (κ2) is 6.38. The van der Waals surface area contributed by atoms with Gasteiger partial charge >= 0.3 is 0 Å². The first-order valence-electron chi connectivity index (χ1n) is 6.05. The zero-order valence-corrected chi connectivity index (χ0v) is 10.7. The van der Waals surface area contributed by atoms with Crippen LogP contribution in [0.25, 0.3) is 0 Å². The molecule has 1 N–H and O–H groups in total. The fraction of sp³-hybridized carbons (Fsp3) is 0.500. The molecule has 94 valence electrons. The van der Waals surface area contributed by atoms with Crippen LogP contribution in [-0.2, 0) is 0 Å². The summed E-state index contributed by atoms with van der Waals surface area (Å²) in [4.78, 5) is 11.7. The Morgan fingerprint density at radius 1 is 1.41 bits per heavy atom. The predicted molar refractivity (Wildman–Crippen MR) is 67.5 cm³/mol. The maximum absolute atomic E-state index is 13.0. The zero-order chi connectivity index (χ0) is 12.8. The Labute approximate surface area is 102 Å². The average molecular weight is 237 g/mol. The van der Waals surface area contributed by atoms with Crippen molar-refractivity contribution >= 4 is 5.91 Å². The first kappa shape index (κ1) is 13.7. The molecule has 0 fully saturated rings. The molecule has 0 saturated carbocycles. The number of nitrogens with one attached hydrogen (secondary N) is 1. The Balaban J connectivity index is 2.44. The second-order valence-electron chi connectivity index (χ2n) is 4.76. The molecule has 0 aliphatic heterocycles. The average Bonchev–Trinajstić information content (AvgIpc) is 2.27. The van der Waals surface area contributed by atoms with E-state index in [9.17, 15) is 9.18 Å². The van der Waals surface area contributed by atoms with Gasteiger partial charge in [-0.05, 0) is 49.4 Å². The number of benzene rings is 1. The lowest BCUT2D eigenvalue weighted by Gasteiger charge is -2.07. The van der Waals surface area contributed by atoms with Gasteiger partial charge < -0.3 is 5.32 Å². The lowest BCUT2D eigenvalue weighted by Crippen LogP contribution is -2.24. The highest BCUT2D eigenvalue weighted by Gasteiger charge is 2.06. The van der Waals surface area contributed by atoms with E-state index in [1.165, 1.54) is 12.1 Å². The van der Waals surface area contributed by atoms with Crippen molar-refractivity contribution < 1.29 is 9.18 Å². The summed E-state index contributed by atoms with van der Waals surface area (Å²) in [6, 6.07) is 4.42. The molecule has 0 aliphatic rings. The van der Waals surface area contributed by atoms with E-state index in [1.807, 2.05) is 0 Å². The van der Waals surface area contributed by atoms with Crippen LogP contribution < -0.4 is 5.32 Å². The maximum Gasteiger partial charge on any atom is 0.251 e. The first-order valence-corrected chi connectivity index (χ1v) is 6.05. The SMILES string of the molecule is Cc1cc(C(=O)NCCCC(C)C)ccc1F. The van der Waals surface area contributed by atoms with Crippen molar-refractivity contribution in [1.82, 2.24) is 5.32 Å². The van der Waals surface area contributed by atoms with Crippen LogP contribution in [0.5, 0.6) is 0 Å². The molecule has 3 heteroatoms. The highest BCUT2D eigenvalue weighted by Crippen LogP contribution is 2.09. The molecule has 1 aromatic rings. The van der Waals surface area contributed by atoms with Crippen LogP contribution in [-0.4, -0.2) is 12.5 Å². The molecule has 1 amide bonds. The van der Waals surface area contributed by atoms with Gasteiger partial charge in [-0.25, -0.2) is 4.39 Å². The molecule has 0 saturated heterocycles. The second-order valence-corrected chi connectivity index (χ2v) is 4.76. The molecular weight excluding hydrogens is 217 g/mol. The van der Waals surface area contributed by atoms with Gasteiger partial charge in [0.2, 0.25) is 0 Å². The quantitative estimate of drug-likeness (QED) is 0.782. The van der Waals surface area contributed by atoms with E-state index in [4.69, 9.17) is 0 Å². The van der Waals surface area contributed by atoms with Crippen molar-refractivity contribution in [1.29, 1.82) is 0 Å². The lowest BCUT2D eigenvalue weighted by molar-refractivity contribution is 0.0952. The van der Waals surface area contributed by atoms with Gasteiger partial charge in [-0.2, -0.15) is 0 Å². The van der Waals surface area contributed by atoms with Gasteiger partial charge in [0.1, 0.15) is 5.82 Å². The summed E-state index contributed by atoms with van der Waals surface area (Å²) < 4.78 is 13.0. The molecule has 0 heterocycles. The van der Waals surface area contributed by atoms with Crippen LogP contribution in [0.3, 0.4) is 0 Å². The molecule has 0 bridgehead atoms. The van der Waals surface area contributed by atoms with Crippen molar-refractivity contribution in [2.75, 3.05) is 6.54 Å². The maximum atomic E-state index is 13.0. The Hall–Kier alpha value is -1.38. The van der Waals surface area contributed by atoms with Crippen molar-refractivity contribution in [3.05, 3.63) is 35.1 Å². The van der Waals surface area contributed by atoms with Crippen molar-refractivity contribution in [2.45, 2.75) is 33.6 Å². The molecular formula is C14H20FNO. The summed E-state index contributed by atoms with van der Waals surface area (Å²) in [7, 11) is 0. The fourth-order valence-electron chi connectivity index (χ4n) is 1.60. The van der Waals surface area contributed by atoms with E-state index in [0.29, 0.717) is 23.6 Å². The van der Waals surface area contributed by atoms with Crippen molar-refractivity contribution in [3.8, 4) is 0 Å². The zero-order valence-electron chi connectivity index (χ0n) is 10.7. The van der Waals surface area contributed by atoms with Crippen molar-refractivity contribution in [2.24, 2.45) is 5.92 Å². The number of carbonyl (C=O) groups excluding carboxylic acids is 1. The molecule has 0 radical (unpaired) electrons. The molecule has 0 aliphatic carbocycles. The Morgan fingerprint density at radius 2 is 2.12 bits per heavy atom. The van der Waals surface area contributed by atoms with Crippen LogP contribution in [0.4, 0.5) is 4.39 Å². The topological polar surface area (TPSA) is 29.1 Å². The van der Waals surface area contributed by atoms with Gasteiger partial charge in [0.15, 0.2) is 0 Å². The number of hydrogen-bond donors (Lipinski definition) is 1. The molecule has 2 nitrogen and oxygen atoms in total. The van der Waals surface area contributed by atoms with Crippen LogP contribution in [0.15, 0.2) is 18.2 Å². The van der Waals surface area contributed by atoms with Crippen LogP contribution >= 0.6 is 0 Å². The summed E-state index contributed by atoms with van der Waals surface area (Å²) >= 11 is 0. The molecule has 0 aromatic heterocycles. The standard InChI is InChI=1S/C14H20FNO/c1-10(2)5-4-8-16-14(17)12-6-7-13(15)11(3)9-12/h6-7,9-10H,4-5,8H2,1-3H3,(H,16,17). The number of halogens is 1. The minimum absolute atomic E-state index is 0.128. The third-order valence-corrected chi connectivity index (χ3v) is 2.66. The number of amides is 1. The van der Waals surface area contributed by atoms with Gasteiger partial charge in [-0.1, -0.05) is 13.8 Å². The number of rotatable bonds is 5. The summed E-state index contributed by atoms with van der Waals surface area (Å²) in [6.07, 6.45) is 2.08. The van der Waals surface area contributed by atoms with Crippen molar-refractivity contribution in [3.63, 3.8) is 0 Å². The number of carbonyl (C=O) groups is 1. The predicted octanol–water partition coefficient (Wildman–Crippen LogP) is 3.30. The Morgan fingerprint density at radius 3 is 2.71 bits per heavy atom. The van der Waals surface area contributed by atoms with Gasteiger partial charge in [0.05, 0.1) is 0 Å². The minimum Gasteiger partial charge on any atom is -0.352 e. The van der Waals surface area contributed by atoms with E-state index in [0.717, 1.165) is 12.8 Å².